The van der Waals surface area contributed by atoms with Crippen LogP contribution >= 0.6 is 0 Å². The van der Waals surface area contributed by atoms with E-state index in [1.807, 2.05) is 19.9 Å². The Morgan fingerprint density at radius 1 is 1.35 bits per heavy atom. The Bertz CT molecular complexity index is 657. The predicted octanol–water partition coefficient (Wildman–Crippen LogP) is 2.72. The summed E-state index contributed by atoms with van der Waals surface area (Å²) < 4.78 is 4.96. The van der Waals surface area contributed by atoms with Gasteiger partial charge in [-0.25, -0.2) is 4.79 Å². The summed E-state index contributed by atoms with van der Waals surface area (Å²) in [6.45, 7) is 5.48. The number of hydrogen-bond acceptors (Lipinski definition) is 5. The number of aromatic nitrogens is 2. The number of nitrogens with one attached hydrogen (secondary N) is 2. The summed E-state index contributed by atoms with van der Waals surface area (Å²) in [5, 5.41) is 19.0. The molecule has 0 saturated heterocycles. The molecule has 0 atom stereocenters. The second-order valence-corrected chi connectivity index (χ2v) is 5.44. The van der Waals surface area contributed by atoms with Crippen LogP contribution in [0, 0.1) is 6.92 Å². The van der Waals surface area contributed by atoms with E-state index < -0.39 is 5.54 Å². The molecule has 7 heteroatoms. The molecule has 0 unspecified atom stereocenters. The highest BCUT2D eigenvalue weighted by Gasteiger charge is 2.27. The van der Waals surface area contributed by atoms with Gasteiger partial charge in [0.1, 0.15) is 0 Å². The highest BCUT2D eigenvalue weighted by molar-refractivity contribution is 5.90. The molecule has 2 amide bonds. The second-order valence-electron chi connectivity index (χ2n) is 5.44. The molecule has 0 aliphatic rings. The van der Waals surface area contributed by atoms with E-state index in [9.17, 15) is 9.90 Å². The molecule has 3 N–H and O–H groups in total. The molecule has 1 aromatic carbocycles. The molecule has 23 heavy (non-hydrogen) atoms. The molecular formula is C16H22N4O3. The lowest BCUT2D eigenvalue weighted by Crippen LogP contribution is -2.52. The van der Waals surface area contributed by atoms with Crippen molar-refractivity contribution in [3.8, 4) is 11.4 Å². The highest BCUT2D eigenvalue weighted by atomic mass is 16.5. The van der Waals surface area contributed by atoms with Crippen LogP contribution in [0.3, 0.4) is 0 Å². The van der Waals surface area contributed by atoms with Crippen LogP contribution in [0.2, 0.25) is 0 Å². The zero-order chi connectivity index (χ0) is 16.9. The molecule has 0 bridgehead atoms. The van der Waals surface area contributed by atoms with Crippen molar-refractivity contribution in [2.45, 2.75) is 39.2 Å². The molecule has 2 rings (SSSR count). The largest absolute Gasteiger partial charge is 0.394 e. The van der Waals surface area contributed by atoms with Gasteiger partial charge in [-0.3, -0.25) is 0 Å². The Hall–Kier alpha value is -2.41. The van der Waals surface area contributed by atoms with Crippen LogP contribution in [-0.4, -0.2) is 33.4 Å². The fourth-order valence-electron chi connectivity index (χ4n) is 2.25. The first-order chi connectivity index (χ1) is 11.0. The summed E-state index contributed by atoms with van der Waals surface area (Å²) in [7, 11) is 0. The van der Waals surface area contributed by atoms with E-state index in [1.54, 1.807) is 25.1 Å². The third-order valence-corrected chi connectivity index (χ3v) is 3.94. The summed E-state index contributed by atoms with van der Waals surface area (Å²) in [5.41, 5.74) is 0.757. The zero-order valence-corrected chi connectivity index (χ0v) is 13.6. The van der Waals surface area contributed by atoms with Crippen LogP contribution in [0.5, 0.6) is 0 Å². The quantitative estimate of drug-likeness (QED) is 0.760. The van der Waals surface area contributed by atoms with Crippen LogP contribution in [-0.2, 0) is 0 Å². The van der Waals surface area contributed by atoms with Gasteiger partial charge in [-0.2, -0.15) is 4.98 Å². The Kier molecular flexibility index (Phi) is 5.33. The van der Waals surface area contributed by atoms with Crippen molar-refractivity contribution >= 4 is 11.7 Å². The molecule has 0 spiro atoms. The lowest BCUT2D eigenvalue weighted by Gasteiger charge is -2.30. The molecule has 0 fully saturated rings. The second kappa shape index (κ2) is 7.23. The molecule has 0 aliphatic carbocycles. The minimum absolute atomic E-state index is 0.102. The number of anilines is 1. The van der Waals surface area contributed by atoms with Gasteiger partial charge in [-0.1, -0.05) is 31.1 Å². The van der Waals surface area contributed by atoms with Crippen LogP contribution < -0.4 is 10.6 Å². The molecule has 0 radical (unpaired) electrons. The molecule has 0 aliphatic heterocycles. The van der Waals surface area contributed by atoms with Crippen molar-refractivity contribution < 1.29 is 14.4 Å². The molecule has 1 aromatic heterocycles. The van der Waals surface area contributed by atoms with E-state index in [-0.39, 0.29) is 12.6 Å². The molecular weight excluding hydrogens is 296 g/mol. The summed E-state index contributed by atoms with van der Waals surface area (Å²) in [6, 6.07) is 6.82. The van der Waals surface area contributed by atoms with Gasteiger partial charge in [0.15, 0.2) is 0 Å². The van der Waals surface area contributed by atoms with Crippen LogP contribution in [0.15, 0.2) is 28.8 Å². The fourth-order valence-corrected chi connectivity index (χ4v) is 2.25. The smallest absolute Gasteiger partial charge is 0.319 e. The van der Waals surface area contributed by atoms with Gasteiger partial charge in [0.2, 0.25) is 11.7 Å². The van der Waals surface area contributed by atoms with Crippen molar-refractivity contribution in [1.82, 2.24) is 15.5 Å². The van der Waals surface area contributed by atoms with Gasteiger partial charge in [-0.05, 0) is 25.0 Å². The normalized spacial score (nSPS) is 11.3. The zero-order valence-electron chi connectivity index (χ0n) is 13.6. The third kappa shape index (κ3) is 4.07. The SMILES string of the molecule is CCC(CC)(CO)NC(=O)Nc1cccc(-c2noc(C)n2)c1. The Morgan fingerprint density at radius 3 is 2.65 bits per heavy atom. The summed E-state index contributed by atoms with van der Waals surface area (Å²) in [4.78, 5) is 16.3. The summed E-state index contributed by atoms with van der Waals surface area (Å²) >= 11 is 0. The van der Waals surface area contributed by atoms with Crippen molar-refractivity contribution in [3.63, 3.8) is 0 Å². The maximum absolute atomic E-state index is 12.2. The number of hydrogen-bond donors (Lipinski definition) is 3. The number of urea groups is 1. The van der Waals surface area contributed by atoms with Crippen molar-refractivity contribution in [3.05, 3.63) is 30.2 Å². The number of nitrogens with zero attached hydrogens (tertiary/aromatic N) is 2. The van der Waals surface area contributed by atoms with Crippen LogP contribution in [0.1, 0.15) is 32.6 Å². The predicted molar refractivity (Wildman–Crippen MR) is 87.0 cm³/mol. The average Bonchev–Trinajstić information content (AvgIpc) is 2.99. The fraction of sp³-hybridized carbons (Fsp3) is 0.438. The monoisotopic (exact) mass is 318 g/mol. The minimum Gasteiger partial charge on any atom is -0.394 e. The number of amides is 2. The highest BCUT2D eigenvalue weighted by Crippen LogP contribution is 2.20. The Balaban J connectivity index is 2.10. The first kappa shape index (κ1) is 17.0. The lowest BCUT2D eigenvalue weighted by atomic mass is 9.94. The first-order valence-electron chi connectivity index (χ1n) is 7.62. The van der Waals surface area contributed by atoms with Crippen LogP contribution in [0.4, 0.5) is 10.5 Å². The maximum Gasteiger partial charge on any atom is 0.319 e. The van der Waals surface area contributed by atoms with Gasteiger partial charge in [0, 0.05) is 18.2 Å². The van der Waals surface area contributed by atoms with Crippen LogP contribution in [0.25, 0.3) is 11.4 Å². The molecule has 1 heterocycles. The van der Waals surface area contributed by atoms with E-state index in [1.165, 1.54) is 0 Å². The molecule has 7 nitrogen and oxygen atoms in total. The summed E-state index contributed by atoms with van der Waals surface area (Å²) in [6.07, 6.45) is 1.30. The number of rotatable bonds is 6. The van der Waals surface area contributed by atoms with Crippen molar-refractivity contribution in [1.29, 1.82) is 0 Å². The standard InChI is InChI=1S/C16H22N4O3/c1-4-16(5-2,10-21)19-15(22)18-13-8-6-7-12(9-13)14-17-11(3)23-20-14/h6-9,21H,4-5,10H2,1-3H3,(H2,18,19,22). The minimum atomic E-state index is -0.605. The number of aliphatic hydroxyl groups excluding tert-OH is 1. The number of benzene rings is 1. The Morgan fingerprint density at radius 2 is 2.09 bits per heavy atom. The van der Waals surface area contributed by atoms with Gasteiger partial charge in [-0.15, -0.1) is 0 Å². The summed E-state index contributed by atoms with van der Waals surface area (Å²) in [5.74, 6) is 0.952. The molecule has 0 saturated carbocycles. The van der Waals surface area contributed by atoms with E-state index in [0.29, 0.717) is 30.2 Å². The number of carbonyl (C=O) groups is 1. The number of aryl methyl sites for hydroxylation is 1. The van der Waals surface area contributed by atoms with Gasteiger partial charge < -0.3 is 20.3 Å². The van der Waals surface area contributed by atoms with E-state index in [0.717, 1.165) is 5.56 Å². The van der Waals surface area contributed by atoms with Crippen molar-refractivity contribution in [2.75, 3.05) is 11.9 Å². The Labute approximate surface area is 135 Å². The lowest BCUT2D eigenvalue weighted by molar-refractivity contribution is 0.155. The van der Waals surface area contributed by atoms with Gasteiger partial charge in [0.25, 0.3) is 0 Å². The molecule has 2 aromatic rings. The van der Waals surface area contributed by atoms with E-state index in [2.05, 4.69) is 20.8 Å². The molecule has 124 valence electrons. The van der Waals surface area contributed by atoms with E-state index >= 15 is 0 Å². The first-order valence-corrected chi connectivity index (χ1v) is 7.62. The number of carbonyl (C=O) groups excluding carboxylic acids is 1. The number of aliphatic hydroxyl groups is 1. The van der Waals surface area contributed by atoms with Gasteiger partial charge in [0.05, 0.1) is 12.1 Å². The average molecular weight is 318 g/mol. The third-order valence-electron chi connectivity index (χ3n) is 3.94. The topological polar surface area (TPSA) is 100 Å². The maximum atomic E-state index is 12.2. The van der Waals surface area contributed by atoms with Gasteiger partial charge >= 0.3 is 6.03 Å². The van der Waals surface area contributed by atoms with E-state index in [4.69, 9.17) is 4.52 Å². The van der Waals surface area contributed by atoms with Crippen molar-refractivity contribution in [2.24, 2.45) is 0 Å².